The Morgan fingerprint density at radius 1 is 1.11 bits per heavy atom. The minimum absolute atomic E-state index is 0.0268. The van der Waals surface area contributed by atoms with E-state index in [-0.39, 0.29) is 31.8 Å². The van der Waals surface area contributed by atoms with Gasteiger partial charge in [-0.2, -0.15) is 0 Å². The zero-order valence-corrected chi connectivity index (χ0v) is 33.0. The van der Waals surface area contributed by atoms with E-state index in [0.717, 1.165) is 48.6 Å². The van der Waals surface area contributed by atoms with E-state index in [0.29, 0.717) is 61.4 Å². The number of nitrogens with zero attached hydrogens (tertiary/aromatic N) is 3. The van der Waals surface area contributed by atoms with E-state index in [9.17, 15) is 32.7 Å². The van der Waals surface area contributed by atoms with Crippen LogP contribution in [0, 0.1) is 18.8 Å². The fraction of sp³-hybridized carbons (Fsp3) is 0.625. The van der Waals surface area contributed by atoms with Crippen molar-refractivity contribution in [2.75, 3.05) is 13.1 Å². The van der Waals surface area contributed by atoms with Gasteiger partial charge in [-0.05, 0) is 102 Å². The van der Waals surface area contributed by atoms with Gasteiger partial charge < -0.3 is 20.1 Å². The molecule has 55 heavy (non-hydrogen) atoms. The van der Waals surface area contributed by atoms with Crippen LogP contribution in [-0.4, -0.2) is 93.2 Å². The molecule has 8 rings (SSSR count). The van der Waals surface area contributed by atoms with Gasteiger partial charge in [0.15, 0.2) is 0 Å². The van der Waals surface area contributed by atoms with Gasteiger partial charge in [0.2, 0.25) is 21.8 Å². The predicted molar refractivity (Wildman–Crippen MR) is 205 cm³/mol. The van der Waals surface area contributed by atoms with E-state index < -0.39 is 67.7 Å². The van der Waals surface area contributed by atoms with Crippen LogP contribution in [0.25, 0.3) is 10.9 Å². The number of pyridine rings is 1. The molecule has 3 N–H and O–H groups in total. The molecule has 296 valence electrons. The molecule has 13 nitrogen and oxygen atoms in total. The number of aromatic nitrogens is 1. The van der Waals surface area contributed by atoms with Crippen molar-refractivity contribution in [1.82, 2.24) is 24.8 Å². The van der Waals surface area contributed by atoms with Crippen LogP contribution in [0.3, 0.4) is 0 Å². The van der Waals surface area contributed by atoms with E-state index in [4.69, 9.17) is 21.3 Å². The quantitative estimate of drug-likeness (QED) is 0.323. The number of rotatable bonds is 6. The molecule has 1 aromatic carbocycles. The number of carboxylic acid groups (broad SMARTS) is 1. The number of nitrogens with one attached hydrogen (secondary N) is 2. The Balaban J connectivity index is 1.16. The highest BCUT2D eigenvalue weighted by Gasteiger charge is 2.64. The van der Waals surface area contributed by atoms with E-state index in [2.05, 4.69) is 10.0 Å². The van der Waals surface area contributed by atoms with Crippen molar-refractivity contribution >= 4 is 56.3 Å². The molecule has 1 saturated heterocycles. The molecule has 3 saturated carbocycles. The Morgan fingerprint density at radius 3 is 2.60 bits per heavy atom. The highest BCUT2D eigenvalue weighted by atomic mass is 35.5. The smallest absolute Gasteiger partial charge is 0.407 e. The summed E-state index contributed by atoms with van der Waals surface area (Å²) in [6.45, 7) is 3.73. The molecule has 4 fully saturated rings. The van der Waals surface area contributed by atoms with E-state index >= 15 is 0 Å². The van der Waals surface area contributed by atoms with Crippen LogP contribution < -0.4 is 14.8 Å². The summed E-state index contributed by atoms with van der Waals surface area (Å²) in [6, 6.07) is 3.39. The Labute approximate surface area is 326 Å². The fourth-order valence-corrected chi connectivity index (χ4v) is 10.6. The first-order chi connectivity index (χ1) is 26.1. The van der Waals surface area contributed by atoms with Crippen molar-refractivity contribution in [3.8, 4) is 5.75 Å². The van der Waals surface area contributed by atoms with Crippen LogP contribution >= 0.6 is 11.6 Å². The molecule has 2 aromatic rings. The summed E-state index contributed by atoms with van der Waals surface area (Å²) in [5.74, 6) is -1.54. The summed E-state index contributed by atoms with van der Waals surface area (Å²) < 4.78 is 34.6. The predicted octanol–water partition coefficient (Wildman–Crippen LogP) is 5.40. The van der Waals surface area contributed by atoms with Gasteiger partial charge in [0, 0.05) is 34.9 Å². The number of carbonyl (C=O) groups is 4. The van der Waals surface area contributed by atoms with Crippen molar-refractivity contribution in [2.24, 2.45) is 11.8 Å². The van der Waals surface area contributed by atoms with Gasteiger partial charge in [0.1, 0.15) is 29.0 Å². The summed E-state index contributed by atoms with van der Waals surface area (Å²) in [4.78, 5) is 64.1. The number of hydrogen-bond donors (Lipinski definition) is 3. The second-order valence-corrected chi connectivity index (χ2v) is 19.7. The van der Waals surface area contributed by atoms with Crippen molar-refractivity contribution < 1.29 is 37.4 Å². The maximum Gasteiger partial charge on any atom is 0.407 e. The van der Waals surface area contributed by atoms with Crippen molar-refractivity contribution in [2.45, 2.75) is 132 Å². The molecule has 4 heterocycles. The second kappa shape index (κ2) is 13.9. The van der Waals surface area contributed by atoms with Crippen molar-refractivity contribution in [3.05, 3.63) is 46.6 Å². The standard InChI is InChI=1S/C40H50ClN5O8S/c1-24-33-28(29-19-27(41)13-14-30(29)42-24)15-16-39(54-33)21-32-34(47)43-40(36(49)44-55(52,53)38(2)17-18-38)20-26(40)11-6-4-3-5-7-12-31(35(48)46(32)23-39)45(37(50)51)22-25-9-8-10-25/h6,11,13-14,19,25-26,31-32H,3-5,7-10,12,15-18,20-23H2,1-2H3,(H,43,47)(H,44,49)(H,50,51)/b11-6-/t26-,31+,32+,39-,40-/m1/s1. The molecule has 1 aromatic heterocycles. The fourth-order valence-electron chi connectivity index (χ4n) is 9.09. The van der Waals surface area contributed by atoms with E-state index in [1.807, 2.05) is 31.2 Å². The molecule has 3 aliphatic carbocycles. The van der Waals surface area contributed by atoms with Gasteiger partial charge in [0.25, 0.3) is 5.91 Å². The van der Waals surface area contributed by atoms with Crippen LogP contribution in [0.2, 0.25) is 5.02 Å². The number of benzene rings is 1. The number of amides is 4. The summed E-state index contributed by atoms with van der Waals surface area (Å²) in [5, 5.41) is 14.9. The average Bonchev–Trinajstić information content (AvgIpc) is 4.01. The Kier molecular flexibility index (Phi) is 9.62. The lowest BCUT2D eigenvalue weighted by Crippen LogP contribution is -2.59. The van der Waals surface area contributed by atoms with Gasteiger partial charge in [-0.15, -0.1) is 0 Å². The summed E-state index contributed by atoms with van der Waals surface area (Å²) >= 11 is 6.39. The molecule has 15 heteroatoms. The zero-order chi connectivity index (χ0) is 38.9. The topological polar surface area (TPSA) is 175 Å². The maximum atomic E-state index is 15.0. The second-order valence-electron chi connectivity index (χ2n) is 17.1. The van der Waals surface area contributed by atoms with Crippen molar-refractivity contribution in [1.29, 1.82) is 0 Å². The minimum atomic E-state index is -4.00. The van der Waals surface area contributed by atoms with Crippen LogP contribution in [0.1, 0.15) is 102 Å². The first-order valence-corrected chi connectivity index (χ1v) is 21.6. The molecule has 4 amide bonds. The van der Waals surface area contributed by atoms with Gasteiger partial charge in [-0.3, -0.25) is 24.0 Å². The third-order valence-electron chi connectivity index (χ3n) is 13.2. The molecule has 0 radical (unpaired) electrons. The van der Waals surface area contributed by atoms with Crippen molar-refractivity contribution in [3.63, 3.8) is 0 Å². The number of sulfonamides is 1. The van der Waals surface area contributed by atoms with Gasteiger partial charge >= 0.3 is 6.09 Å². The number of fused-ring (bicyclic) bond motifs is 5. The average molecular weight is 796 g/mol. The van der Waals surface area contributed by atoms with Crippen LogP contribution in [0.4, 0.5) is 4.79 Å². The third kappa shape index (κ3) is 6.95. The monoisotopic (exact) mass is 795 g/mol. The largest absolute Gasteiger partial charge is 0.483 e. The maximum absolute atomic E-state index is 15.0. The molecule has 0 bridgehead atoms. The molecule has 3 aliphatic heterocycles. The van der Waals surface area contributed by atoms with Crippen LogP contribution in [-0.2, 0) is 30.8 Å². The van der Waals surface area contributed by atoms with Gasteiger partial charge in [-0.1, -0.05) is 43.0 Å². The number of ether oxygens (including phenoxy) is 1. The molecule has 0 unspecified atom stereocenters. The Bertz CT molecular complexity index is 2090. The summed E-state index contributed by atoms with van der Waals surface area (Å²) in [7, 11) is -4.00. The normalized spacial score (nSPS) is 31.0. The van der Waals surface area contributed by atoms with Gasteiger partial charge in [-0.25, -0.2) is 18.2 Å². The summed E-state index contributed by atoms with van der Waals surface area (Å²) in [6.07, 6.45) is 10.9. The number of carbonyl (C=O) groups excluding carboxylic acids is 3. The third-order valence-corrected chi connectivity index (χ3v) is 15.6. The highest BCUT2D eigenvalue weighted by Crippen LogP contribution is 2.49. The number of halogens is 1. The molecular weight excluding hydrogens is 746 g/mol. The first-order valence-electron chi connectivity index (χ1n) is 19.8. The van der Waals surface area contributed by atoms with Gasteiger partial charge in [0.05, 0.1) is 22.5 Å². The lowest BCUT2D eigenvalue weighted by atomic mass is 9.84. The van der Waals surface area contributed by atoms with E-state index in [1.165, 1.54) is 9.80 Å². The SMILES string of the molecule is Cc1nc2ccc(Cl)cc2c2c1O[C@]1(CC2)C[C@H]2C(=O)N[C@]3(C(=O)NS(=O)(=O)C4(C)CC4)C[C@H]3/C=C\CCCCC[C@H](N(CC3CCC3)C(=O)O)C(=O)N2C1. The molecular formula is C40H50ClN5O8S. The molecule has 5 atom stereocenters. The lowest BCUT2D eigenvalue weighted by molar-refractivity contribution is -0.143. The lowest BCUT2D eigenvalue weighted by Gasteiger charge is -2.38. The first kappa shape index (κ1) is 38.0. The van der Waals surface area contributed by atoms with E-state index in [1.54, 1.807) is 13.0 Å². The highest BCUT2D eigenvalue weighted by molar-refractivity contribution is 7.91. The Morgan fingerprint density at radius 2 is 1.89 bits per heavy atom. The van der Waals surface area contributed by atoms with Crippen LogP contribution in [0.5, 0.6) is 5.75 Å². The van der Waals surface area contributed by atoms with Crippen LogP contribution in [0.15, 0.2) is 30.4 Å². The number of hydrogen-bond acceptors (Lipinski definition) is 8. The minimum Gasteiger partial charge on any atom is -0.483 e. The summed E-state index contributed by atoms with van der Waals surface area (Å²) in [5.41, 5.74) is -0.144. The molecule has 1 spiro atoms. The zero-order valence-electron chi connectivity index (χ0n) is 31.4. The Hall–Kier alpha value is -3.91. The number of aryl methyl sites for hydroxylation is 2. The molecule has 6 aliphatic rings. The number of allylic oxidation sites excluding steroid dienone is 1.